The molecule has 2 atom stereocenters. The number of rotatable bonds is 4. The molecule has 4 aromatic rings. The topological polar surface area (TPSA) is 52.6 Å². The first-order valence-electron chi connectivity index (χ1n) is 9.92. The SMILES string of the molecule is O=C1[C@H](Cc2cccc3ccccc23)N[C@@H](Cc2cccc3ccccc23)N1O.[Ac]. The predicted octanol–water partition coefficient (Wildman–Crippen LogP) is 4.29. The first-order chi connectivity index (χ1) is 14.2. The number of carbonyl (C=O) groups excluding carboxylic acids is 1. The summed E-state index contributed by atoms with van der Waals surface area (Å²) in [6.45, 7) is 0. The number of hydrogen-bond donors (Lipinski definition) is 2. The van der Waals surface area contributed by atoms with E-state index in [1.807, 2.05) is 36.4 Å². The van der Waals surface area contributed by atoms with Gasteiger partial charge in [-0.15, -0.1) is 0 Å². The molecule has 0 spiro atoms. The van der Waals surface area contributed by atoms with Gasteiger partial charge in [-0.3, -0.25) is 15.3 Å². The van der Waals surface area contributed by atoms with E-state index < -0.39 is 12.2 Å². The van der Waals surface area contributed by atoms with Gasteiger partial charge in [0.25, 0.3) is 5.91 Å². The Balaban J connectivity index is 0.00000218. The molecule has 5 heteroatoms. The van der Waals surface area contributed by atoms with Gasteiger partial charge in [-0.05, 0) is 39.1 Å². The van der Waals surface area contributed by atoms with Crippen LogP contribution in [0.25, 0.3) is 21.5 Å². The molecule has 1 saturated heterocycles. The van der Waals surface area contributed by atoms with E-state index in [9.17, 15) is 10.0 Å². The minimum atomic E-state index is -0.439. The van der Waals surface area contributed by atoms with Crippen LogP contribution in [0.1, 0.15) is 11.1 Å². The van der Waals surface area contributed by atoms with Crippen LogP contribution in [-0.4, -0.2) is 28.4 Å². The smallest absolute Gasteiger partial charge is 0.264 e. The van der Waals surface area contributed by atoms with E-state index in [0.29, 0.717) is 12.8 Å². The summed E-state index contributed by atoms with van der Waals surface area (Å²) in [7, 11) is 0. The summed E-state index contributed by atoms with van der Waals surface area (Å²) < 4.78 is 0. The molecule has 4 aromatic carbocycles. The monoisotopic (exact) mass is 609 g/mol. The molecular weight excluding hydrogens is 587 g/mol. The second-order valence-corrected chi connectivity index (χ2v) is 7.60. The molecule has 1 heterocycles. The van der Waals surface area contributed by atoms with Crippen LogP contribution in [0.3, 0.4) is 0 Å². The van der Waals surface area contributed by atoms with Crippen molar-refractivity contribution < 1.29 is 54.1 Å². The van der Waals surface area contributed by atoms with Crippen LogP contribution in [-0.2, 0) is 17.6 Å². The molecule has 1 aliphatic rings. The third-order valence-corrected chi connectivity index (χ3v) is 5.81. The molecule has 5 rings (SSSR count). The van der Waals surface area contributed by atoms with Crippen molar-refractivity contribution in [2.45, 2.75) is 25.0 Å². The average Bonchev–Trinajstić information content (AvgIpc) is 3.02. The predicted molar refractivity (Wildman–Crippen MR) is 115 cm³/mol. The van der Waals surface area contributed by atoms with E-state index in [1.165, 1.54) is 0 Å². The molecule has 0 bridgehead atoms. The van der Waals surface area contributed by atoms with Gasteiger partial charge in [-0.25, -0.2) is 5.06 Å². The third kappa shape index (κ3) is 4.05. The van der Waals surface area contributed by atoms with Gasteiger partial charge < -0.3 is 0 Å². The summed E-state index contributed by atoms with van der Waals surface area (Å²) in [6, 6.07) is 28.2. The van der Waals surface area contributed by atoms with E-state index in [0.717, 1.165) is 37.7 Å². The Morgan fingerprint density at radius 2 is 1.23 bits per heavy atom. The van der Waals surface area contributed by atoms with Crippen molar-refractivity contribution in [1.29, 1.82) is 0 Å². The fourth-order valence-corrected chi connectivity index (χ4v) is 4.35. The Morgan fingerprint density at radius 1 is 0.733 bits per heavy atom. The standard InChI is InChI=1S/C25H22N2O2.Ac/c28-25-23(15-19-11-5-9-17-7-1-3-13-21(17)19)26-24(27(25)29)16-20-12-6-10-18-8-2-4-14-22(18)20;/h1-14,23-24,26,29H,15-16H2;/t23-,24+;/m0./s1. The Hall–Kier alpha value is -1.77. The van der Waals surface area contributed by atoms with Crippen molar-refractivity contribution in [3.05, 3.63) is 96.1 Å². The number of carbonyl (C=O) groups is 1. The van der Waals surface area contributed by atoms with Gasteiger partial charge in [0, 0.05) is 50.5 Å². The number of hydrogen-bond acceptors (Lipinski definition) is 3. The van der Waals surface area contributed by atoms with Crippen LogP contribution in [0, 0.1) is 44.1 Å². The quantitative estimate of drug-likeness (QED) is 0.340. The molecule has 2 N–H and O–H groups in total. The maximum absolute atomic E-state index is 12.7. The van der Waals surface area contributed by atoms with Crippen molar-refractivity contribution in [2.75, 3.05) is 0 Å². The van der Waals surface area contributed by atoms with Gasteiger partial charge in [-0.1, -0.05) is 84.9 Å². The Labute approximate surface area is 211 Å². The number of fused-ring (bicyclic) bond motifs is 2. The molecule has 0 saturated carbocycles. The van der Waals surface area contributed by atoms with E-state index in [1.54, 1.807) is 0 Å². The minimum Gasteiger partial charge on any atom is -0.284 e. The second-order valence-electron chi connectivity index (χ2n) is 7.60. The fourth-order valence-electron chi connectivity index (χ4n) is 4.35. The fraction of sp³-hybridized carbons (Fsp3) is 0.160. The summed E-state index contributed by atoms with van der Waals surface area (Å²) in [5.74, 6) is -0.275. The molecule has 0 aromatic heterocycles. The zero-order valence-corrected chi connectivity index (χ0v) is 21.3. The minimum absolute atomic E-state index is 0. The molecule has 30 heavy (non-hydrogen) atoms. The van der Waals surface area contributed by atoms with Crippen LogP contribution in [0.2, 0.25) is 0 Å². The summed E-state index contributed by atoms with van der Waals surface area (Å²) in [5, 5.41) is 19.3. The first-order valence-corrected chi connectivity index (χ1v) is 9.92. The first kappa shape index (κ1) is 21.5. The van der Waals surface area contributed by atoms with Gasteiger partial charge >= 0.3 is 0 Å². The van der Waals surface area contributed by atoms with Crippen molar-refractivity contribution >= 4 is 27.5 Å². The van der Waals surface area contributed by atoms with Crippen LogP contribution in [0.15, 0.2) is 84.9 Å². The number of nitrogens with zero attached hydrogens (tertiary/aromatic N) is 1. The summed E-state index contributed by atoms with van der Waals surface area (Å²) in [6.07, 6.45) is 0.659. The van der Waals surface area contributed by atoms with Crippen LogP contribution >= 0.6 is 0 Å². The normalized spacial score (nSPS) is 18.7. The second kappa shape index (κ2) is 9.16. The molecule has 1 radical (unpaired) electrons. The summed E-state index contributed by atoms with van der Waals surface area (Å²) in [4.78, 5) is 12.7. The Bertz CT molecular complexity index is 1200. The molecule has 147 valence electrons. The maximum atomic E-state index is 12.7. The largest absolute Gasteiger partial charge is 0.284 e. The van der Waals surface area contributed by atoms with Gasteiger partial charge in [0.15, 0.2) is 0 Å². The molecule has 1 fully saturated rings. The zero-order valence-electron chi connectivity index (χ0n) is 16.5. The van der Waals surface area contributed by atoms with Gasteiger partial charge in [0.2, 0.25) is 0 Å². The molecular formula is C25H22AcN2O2. The molecule has 0 aliphatic carbocycles. The maximum Gasteiger partial charge on any atom is 0.264 e. The van der Waals surface area contributed by atoms with E-state index in [4.69, 9.17) is 0 Å². The van der Waals surface area contributed by atoms with Crippen molar-refractivity contribution in [3.8, 4) is 0 Å². The van der Waals surface area contributed by atoms with E-state index in [2.05, 4.69) is 53.8 Å². The number of hydroxylamine groups is 2. The van der Waals surface area contributed by atoms with Gasteiger partial charge in [-0.2, -0.15) is 0 Å². The Morgan fingerprint density at radius 3 is 1.83 bits per heavy atom. The van der Waals surface area contributed by atoms with E-state index >= 15 is 0 Å². The average molecular weight is 609 g/mol. The number of benzene rings is 4. The van der Waals surface area contributed by atoms with Crippen LogP contribution < -0.4 is 5.32 Å². The molecule has 1 amide bonds. The van der Waals surface area contributed by atoms with Crippen LogP contribution in [0.5, 0.6) is 0 Å². The van der Waals surface area contributed by atoms with Crippen molar-refractivity contribution in [3.63, 3.8) is 0 Å². The third-order valence-electron chi connectivity index (χ3n) is 5.81. The van der Waals surface area contributed by atoms with Crippen molar-refractivity contribution in [2.24, 2.45) is 0 Å². The van der Waals surface area contributed by atoms with Crippen LogP contribution in [0.4, 0.5) is 0 Å². The summed E-state index contributed by atoms with van der Waals surface area (Å²) >= 11 is 0. The molecule has 0 unspecified atom stereocenters. The summed E-state index contributed by atoms with van der Waals surface area (Å²) in [5.41, 5.74) is 2.21. The number of nitrogens with one attached hydrogen (secondary N) is 1. The van der Waals surface area contributed by atoms with Crippen molar-refractivity contribution in [1.82, 2.24) is 10.4 Å². The molecule has 4 nitrogen and oxygen atoms in total. The Kier molecular flexibility index (Phi) is 6.55. The molecule has 1 aliphatic heterocycles. The van der Waals surface area contributed by atoms with E-state index in [-0.39, 0.29) is 50.0 Å². The zero-order chi connectivity index (χ0) is 19.8. The van der Waals surface area contributed by atoms with Gasteiger partial charge in [0.1, 0.15) is 6.17 Å². The number of amides is 1. The van der Waals surface area contributed by atoms with Gasteiger partial charge in [0.05, 0.1) is 6.04 Å².